The molecule has 0 atom stereocenters. The summed E-state index contributed by atoms with van der Waals surface area (Å²) in [6.07, 6.45) is 0.599. The fourth-order valence-corrected chi connectivity index (χ4v) is 3.98. The molecule has 3 aromatic rings. The lowest BCUT2D eigenvalue weighted by Gasteiger charge is -2.10. The van der Waals surface area contributed by atoms with Crippen LogP contribution in [-0.4, -0.2) is 27.5 Å². The zero-order valence-electron chi connectivity index (χ0n) is 17.0. The molecule has 0 bridgehead atoms. The van der Waals surface area contributed by atoms with Gasteiger partial charge in [-0.15, -0.1) is 0 Å². The molecule has 6 nitrogen and oxygen atoms in total. The number of benzene rings is 3. The van der Waals surface area contributed by atoms with Crippen LogP contribution in [0.1, 0.15) is 11.1 Å². The van der Waals surface area contributed by atoms with E-state index < -0.39 is 10.0 Å². The van der Waals surface area contributed by atoms with Crippen molar-refractivity contribution in [3.8, 4) is 5.75 Å². The van der Waals surface area contributed by atoms with Crippen molar-refractivity contribution < 1.29 is 17.9 Å². The molecule has 162 valence electrons. The Balaban J connectivity index is 1.50. The third-order valence-electron chi connectivity index (χ3n) is 4.50. The van der Waals surface area contributed by atoms with Gasteiger partial charge in [0.2, 0.25) is 10.0 Å². The second-order valence-electron chi connectivity index (χ2n) is 6.91. The molecule has 0 radical (unpaired) electrons. The summed E-state index contributed by atoms with van der Waals surface area (Å²) in [4.78, 5) is 12.2. The standard InChI is InChI=1S/C23H23ClN2O4S/c1-17-15-20(9-12-22(17)24)30-16-23(27)26-19-7-10-21(11-8-19)31(28,29)25-14-13-18-5-3-2-4-6-18/h2-12,15,25H,13-14,16H2,1H3,(H,26,27). The topological polar surface area (TPSA) is 84.5 Å². The molecule has 1 amide bonds. The van der Waals surface area contributed by atoms with E-state index in [2.05, 4.69) is 10.0 Å². The van der Waals surface area contributed by atoms with Crippen molar-refractivity contribution in [2.45, 2.75) is 18.2 Å². The molecule has 3 aromatic carbocycles. The number of halogens is 1. The van der Waals surface area contributed by atoms with Gasteiger partial charge in [-0.2, -0.15) is 0 Å². The summed E-state index contributed by atoms with van der Waals surface area (Å²) in [5.74, 6) is 0.185. The maximum atomic E-state index is 12.4. The average molecular weight is 459 g/mol. The van der Waals surface area contributed by atoms with E-state index in [1.165, 1.54) is 24.3 Å². The number of rotatable bonds is 9. The van der Waals surface area contributed by atoms with Gasteiger partial charge in [0.05, 0.1) is 4.90 Å². The van der Waals surface area contributed by atoms with Gasteiger partial charge >= 0.3 is 0 Å². The van der Waals surface area contributed by atoms with E-state index >= 15 is 0 Å². The minimum atomic E-state index is -3.63. The van der Waals surface area contributed by atoms with Crippen LogP contribution in [0.15, 0.2) is 77.7 Å². The zero-order valence-corrected chi connectivity index (χ0v) is 18.5. The second-order valence-corrected chi connectivity index (χ2v) is 9.08. The molecule has 0 aliphatic rings. The highest BCUT2D eigenvalue weighted by Crippen LogP contribution is 2.21. The molecule has 0 heterocycles. The number of ether oxygens (including phenoxy) is 1. The highest BCUT2D eigenvalue weighted by molar-refractivity contribution is 7.89. The Morgan fingerprint density at radius 3 is 2.39 bits per heavy atom. The van der Waals surface area contributed by atoms with Crippen molar-refractivity contribution in [3.05, 3.63) is 88.9 Å². The molecule has 2 N–H and O–H groups in total. The van der Waals surface area contributed by atoms with Crippen molar-refractivity contribution in [1.82, 2.24) is 4.72 Å². The van der Waals surface area contributed by atoms with Crippen LogP contribution < -0.4 is 14.8 Å². The van der Waals surface area contributed by atoms with E-state index in [4.69, 9.17) is 16.3 Å². The second kappa shape index (κ2) is 10.4. The fourth-order valence-electron chi connectivity index (χ4n) is 2.83. The normalized spacial score (nSPS) is 11.2. The van der Waals surface area contributed by atoms with E-state index in [1.54, 1.807) is 18.2 Å². The Hall–Kier alpha value is -2.87. The summed E-state index contributed by atoms with van der Waals surface area (Å²) < 4.78 is 32.9. The third-order valence-corrected chi connectivity index (χ3v) is 6.40. The Kier molecular flexibility index (Phi) is 7.68. The number of aryl methyl sites for hydroxylation is 1. The van der Waals surface area contributed by atoms with Gasteiger partial charge in [-0.25, -0.2) is 13.1 Å². The molecule has 0 saturated heterocycles. The quantitative estimate of drug-likeness (QED) is 0.503. The Labute approximate surface area is 187 Å². The van der Waals surface area contributed by atoms with Gasteiger partial charge in [-0.3, -0.25) is 4.79 Å². The van der Waals surface area contributed by atoms with Gasteiger partial charge in [-0.1, -0.05) is 41.9 Å². The van der Waals surface area contributed by atoms with E-state index in [0.29, 0.717) is 29.4 Å². The highest BCUT2D eigenvalue weighted by Gasteiger charge is 2.13. The monoisotopic (exact) mass is 458 g/mol. The minimum Gasteiger partial charge on any atom is -0.484 e. The Morgan fingerprint density at radius 2 is 1.71 bits per heavy atom. The molecular formula is C23H23ClN2O4S. The first-order chi connectivity index (χ1) is 14.8. The zero-order chi connectivity index (χ0) is 22.3. The molecule has 31 heavy (non-hydrogen) atoms. The number of carbonyl (C=O) groups excluding carboxylic acids is 1. The van der Waals surface area contributed by atoms with Gasteiger partial charge in [0.15, 0.2) is 6.61 Å². The minimum absolute atomic E-state index is 0.131. The number of nitrogens with one attached hydrogen (secondary N) is 2. The Bertz CT molecular complexity index is 1130. The number of amides is 1. The number of sulfonamides is 1. The first-order valence-corrected chi connectivity index (χ1v) is 11.5. The van der Waals surface area contributed by atoms with Gasteiger partial charge in [0, 0.05) is 17.3 Å². The van der Waals surface area contributed by atoms with Crippen LogP contribution in [-0.2, 0) is 21.2 Å². The molecular weight excluding hydrogens is 436 g/mol. The van der Waals surface area contributed by atoms with Gasteiger partial charge in [-0.05, 0) is 66.9 Å². The van der Waals surface area contributed by atoms with Crippen LogP contribution in [0.4, 0.5) is 5.69 Å². The lowest BCUT2D eigenvalue weighted by atomic mass is 10.2. The molecule has 0 aliphatic carbocycles. The van der Waals surface area contributed by atoms with Crippen molar-refractivity contribution in [2.75, 3.05) is 18.5 Å². The lowest BCUT2D eigenvalue weighted by Crippen LogP contribution is -2.26. The maximum Gasteiger partial charge on any atom is 0.262 e. The molecule has 8 heteroatoms. The fraction of sp³-hybridized carbons (Fsp3) is 0.174. The van der Waals surface area contributed by atoms with Crippen LogP contribution in [0.3, 0.4) is 0 Å². The number of hydrogen-bond acceptors (Lipinski definition) is 4. The number of hydrogen-bond donors (Lipinski definition) is 2. The third kappa shape index (κ3) is 6.82. The molecule has 0 aliphatic heterocycles. The van der Waals surface area contributed by atoms with Crippen molar-refractivity contribution >= 4 is 33.2 Å². The number of carbonyl (C=O) groups is 1. The van der Waals surface area contributed by atoms with Gasteiger partial charge in [0.25, 0.3) is 5.91 Å². The predicted octanol–water partition coefficient (Wildman–Crippen LogP) is 4.19. The summed E-state index contributed by atoms with van der Waals surface area (Å²) in [5, 5.41) is 3.30. The van der Waals surface area contributed by atoms with E-state index in [0.717, 1.165) is 11.1 Å². The smallest absolute Gasteiger partial charge is 0.262 e. The van der Waals surface area contributed by atoms with Crippen molar-refractivity contribution in [3.63, 3.8) is 0 Å². The first kappa shape index (κ1) is 22.8. The van der Waals surface area contributed by atoms with Crippen molar-refractivity contribution in [2.24, 2.45) is 0 Å². The van der Waals surface area contributed by atoms with Gasteiger partial charge in [0.1, 0.15) is 5.75 Å². The van der Waals surface area contributed by atoms with Crippen LogP contribution >= 0.6 is 11.6 Å². The van der Waals surface area contributed by atoms with Gasteiger partial charge < -0.3 is 10.1 Å². The van der Waals surface area contributed by atoms with E-state index in [9.17, 15) is 13.2 Å². The summed E-state index contributed by atoms with van der Waals surface area (Å²) in [5.41, 5.74) is 2.39. The average Bonchev–Trinajstić information content (AvgIpc) is 2.75. The maximum absolute atomic E-state index is 12.4. The largest absolute Gasteiger partial charge is 0.484 e. The molecule has 0 fully saturated rings. The van der Waals surface area contributed by atoms with E-state index in [-0.39, 0.29) is 17.4 Å². The SMILES string of the molecule is Cc1cc(OCC(=O)Nc2ccc(S(=O)(=O)NCCc3ccccc3)cc2)ccc1Cl. The van der Waals surface area contributed by atoms with Crippen LogP contribution in [0.25, 0.3) is 0 Å². The van der Waals surface area contributed by atoms with Crippen molar-refractivity contribution in [1.29, 1.82) is 0 Å². The molecule has 0 saturated carbocycles. The summed E-state index contributed by atoms with van der Waals surface area (Å²) in [7, 11) is -3.63. The predicted molar refractivity (Wildman–Crippen MR) is 122 cm³/mol. The van der Waals surface area contributed by atoms with Crippen LogP contribution in [0.2, 0.25) is 5.02 Å². The molecule has 0 spiro atoms. The van der Waals surface area contributed by atoms with Crippen LogP contribution in [0, 0.1) is 6.92 Å². The molecule has 0 aromatic heterocycles. The summed E-state index contributed by atoms with van der Waals surface area (Å²) in [6, 6.07) is 20.8. The number of anilines is 1. The highest BCUT2D eigenvalue weighted by atomic mass is 35.5. The molecule has 0 unspecified atom stereocenters. The first-order valence-electron chi connectivity index (χ1n) is 9.66. The summed E-state index contributed by atoms with van der Waals surface area (Å²) in [6.45, 7) is 1.97. The van der Waals surface area contributed by atoms with E-state index in [1.807, 2.05) is 37.3 Å². The van der Waals surface area contributed by atoms with Crippen LogP contribution in [0.5, 0.6) is 5.75 Å². The Morgan fingerprint density at radius 1 is 1.00 bits per heavy atom. The lowest BCUT2D eigenvalue weighted by molar-refractivity contribution is -0.118. The summed E-state index contributed by atoms with van der Waals surface area (Å²) >= 11 is 5.97. The molecule has 3 rings (SSSR count).